The Morgan fingerprint density at radius 1 is 1.08 bits per heavy atom. The van der Waals surface area contributed by atoms with Crippen molar-refractivity contribution >= 4 is 40.2 Å². The zero-order valence-electron chi connectivity index (χ0n) is 22.4. The predicted molar refractivity (Wildman–Crippen MR) is 148 cm³/mol. The molecule has 0 saturated carbocycles. The Bertz CT molecular complexity index is 1220. The van der Waals surface area contributed by atoms with Crippen molar-refractivity contribution in [3.05, 3.63) is 48.0 Å². The van der Waals surface area contributed by atoms with Crippen molar-refractivity contribution in [2.24, 2.45) is 22.4 Å². The first-order valence-electron chi connectivity index (χ1n) is 13.2. The summed E-state index contributed by atoms with van der Waals surface area (Å²) in [5, 5.41) is 7.17. The second-order valence-electron chi connectivity index (χ2n) is 10.0. The van der Waals surface area contributed by atoms with Crippen LogP contribution in [0.3, 0.4) is 0 Å². The lowest BCUT2D eigenvalue weighted by molar-refractivity contribution is -0.141. The number of ketones is 1. The number of hydrogen-bond acceptors (Lipinski definition) is 5. The molecular formula is C28H37FN6O4. The van der Waals surface area contributed by atoms with E-state index in [0.717, 1.165) is 10.8 Å². The van der Waals surface area contributed by atoms with Gasteiger partial charge in [0.05, 0.1) is 6.04 Å². The lowest BCUT2D eigenvalue weighted by Crippen LogP contribution is -2.56. The number of Topliss-reactive ketones (excluding diaryl/α,β-unsaturated/α-hetero) is 1. The van der Waals surface area contributed by atoms with Gasteiger partial charge in [-0.1, -0.05) is 50.2 Å². The van der Waals surface area contributed by atoms with E-state index in [1.165, 1.54) is 4.90 Å². The molecular weight excluding hydrogens is 503 g/mol. The van der Waals surface area contributed by atoms with Crippen LogP contribution in [-0.2, 0) is 14.4 Å². The molecule has 0 aliphatic carbocycles. The van der Waals surface area contributed by atoms with Crippen molar-refractivity contribution in [3.63, 3.8) is 0 Å². The van der Waals surface area contributed by atoms with Gasteiger partial charge < -0.3 is 27.0 Å². The fourth-order valence-corrected chi connectivity index (χ4v) is 4.82. The summed E-state index contributed by atoms with van der Waals surface area (Å²) in [6.45, 7) is 2.98. The number of nitrogens with zero attached hydrogens (tertiary/aromatic N) is 2. The Morgan fingerprint density at radius 3 is 2.49 bits per heavy atom. The molecule has 210 valence electrons. The zero-order valence-corrected chi connectivity index (χ0v) is 22.4. The number of halogens is 1. The Morgan fingerprint density at radius 2 is 1.79 bits per heavy atom. The van der Waals surface area contributed by atoms with Gasteiger partial charge in [-0.3, -0.25) is 24.2 Å². The average molecular weight is 541 g/mol. The van der Waals surface area contributed by atoms with Gasteiger partial charge in [0, 0.05) is 18.7 Å². The van der Waals surface area contributed by atoms with Crippen LogP contribution in [0.1, 0.15) is 49.9 Å². The van der Waals surface area contributed by atoms with Crippen molar-refractivity contribution in [2.75, 3.05) is 19.8 Å². The minimum Gasteiger partial charge on any atom is -0.370 e. The van der Waals surface area contributed by atoms with E-state index in [4.69, 9.17) is 11.5 Å². The molecule has 3 amide bonds. The molecule has 0 bridgehead atoms. The number of likely N-dealkylation sites (tertiary alicyclic amines) is 1. The Labute approximate surface area is 227 Å². The van der Waals surface area contributed by atoms with Gasteiger partial charge in [0.15, 0.2) is 11.7 Å². The molecule has 2 aromatic carbocycles. The van der Waals surface area contributed by atoms with Gasteiger partial charge in [0.1, 0.15) is 18.8 Å². The second-order valence-corrected chi connectivity index (χ2v) is 10.0. The number of carbonyl (C=O) groups is 4. The van der Waals surface area contributed by atoms with Crippen LogP contribution in [0.2, 0.25) is 0 Å². The number of nitrogens with one attached hydrogen (secondary N) is 2. The molecule has 1 aliphatic rings. The van der Waals surface area contributed by atoms with Crippen molar-refractivity contribution in [3.8, 4) is 0 Å². The molecule has 39 heavy (non-hydrogen) atoms. The van der Waals surface area contributed by atoms with Gasteiger partial charge in [-0.15, -0.1) is 0 Å². The molecule has 0 radical (unpaired) electrons. The highest BCUT2D eigenvalue weighted by Crippen LogP contribution is 2.23. The SMILES string of the molecule is CC(C)[C@H](NC(=O)c1cccc2ccccc12)C(=O)N1CCC[C@H]1C(=O)N[C@@H](CCCN=C(N)N)C(=O)CF. The molecule has 11 heteroatoms. The molecule has 10 nitrogen and oxygen atoms in total. The third kappa shape index (κ3) is 7.52. The average Bonchev–Trinajstić information content (AvgIpc) is 3.42. The maximum absolute atomic E-state index is 13.6. The number of guanidine groups is 1. The van der Waals surface area contributed by atoms with Crippen LogP contribution in [0, 0.1) is 5.92 Å². The summed E-state index contributed by atoms with van der Waals surface area (Å²) in [5.74, 6) is -2.40. The largest absolute Gasteiger partial charge is 0.370 e. The van der Waals surface area contributed by atoms with E-state index >= 15 is 0 Å². The van der Waals surface area contributed by atoms with Crippen LogP contribution >= 0.6 is 0 Å². The zero-order chi connectivity index (χ0) is 28.5. The first-order valence-corrected chi connectivity index (χ1v) is 13.2. The molecule has 2 aromatic rings. The number of benzene rings is 2. The van der Waals surface area contributed by atoms with Gasteiger partial charge >= 0.3 is 0 Å². The standard InChI is InChI=1S/C28H37FN6O4/c1-17(2)24(34-25(37)20-11-5-9-18-8-3-4-10-19(18)20)27(39)35-15-7-13-22(35)26(38)33-21(23(36)16-29)12-6-14-32-28(30)31/h3-5,8-11,17,21-22,24H,6-7,12-16H2,1-2H3,(H,33,38)(H,34,37)(H4,30,31,32)/t21-,22-,24-/m0/s1. The normalized spacial score (nSPS) is 16.5. The van der Waals surface area contributed by atoms with Crippen molar-refractivity contribution in [1.29, 1.82) is 0 Å². The molecule has 1 heterocycles. The summed E-state index contributed by atoms with van der Waals surface area (Å²) in [5.41, 5.74) is 11.1. The second kappa shape index (κ2) is 13.7. The van der Waals surface area contributed by atoms with Crippen molar-refractivity contribution < 1.29 is 23.6 Å². The summed E-state index contributed by atoms with van der Waals surface area (Å²) in [6.07, 6.45) is 1.49. The third-order valence-corrected chi connectivity index (χ3v) is 6.87. The van der Waals surface area contributed by atoms with Gasteiger partial charge in [-0.2, -0.15) is 0 Å². The number of fused-ring (bicyclic) bond motifs is 1. The van der Waals surface area contributed by atoms with Crippen LogP contribution in [0.15, 0.2) is 47.5 Å². The molecule has 1 saturated heterocycles. The van der Waals surface area contributed by atoms with Gasteiger partial charge in [0.25, 0.3) is 5.91 Å². The van der Waals surface area contributed by atoms with Gasteiger partial charge in [-0.05, 0) is 48.4 Å². The molecule has 1 fully saturated rings. The highest BCUT2D eigenvalue weighted by Gasteiger charge is 2.39. The number of carbonyl (C=O) groups excluding carboxylic acids is 4. The van der Waals surface area contributed by atoms with E-state index in [-0.39, 0.29) is 36.7 Å². The summed E-state index contributed by atoms with van der Waals surface area (Å²) >= 11 is 0. The fourth-order valence-electron chi connectivity index (χ4n) is 4.82. The van der Waals surface area contributed by atoms with Crippen LogP contribution in [0.5, 0.6) is 0 Å². The Hall–Kier alpha value is -4.02. The summed E-state index contributed by atoms with van der Waals surface area (Å²) in [4.78, 5) is 57.5. The monoisotopic (exact) mass is 540 g/mol. The minimum absolute atomic E-state index is 0.0974. The van der Waals surface area contributed by atoms with Crippen LogP contribution < -0.4 is 22.1 Å². The first-order chi connectivity index (χ1) is 18.6. The van der Waals surface area contributed by atoms with Gasteiger partial charge in [-0.25, -0.2) is 4.39 Å². The fraction of sp³-hybridized carbons (Fsp3) is 0.464. The Balaban J connectivity index is 1.72. The molecule has 6 N–H and O–H groups in total. The number of nitrogens with two attached hydrogens (primary N) is 2. The molecule has 0 spiro atoms. The smallest absolute Gasteiger partial charge is 0.252 e. The van der Waals surface area contributed by atoms with E-state index in [1.807, 2.05) is 44.2 Å². The number of amides is 3. The van der Waals surface area contributed by atoms with Crippen LogP contribution in [0.4, 0.5) is 4.39 Å². The molecule has 1 aliphatic heterocycles. The Kier molecular flexibility index (Phi) is 10.4. The van der Waals surface area contributed by atoms with E-state index in [9.17, 15) is 23.6 Å². The third-order valence-electron chi connectivity index (χ3n) is 6.87. The van der Waals surface area contributed by atoms with Crippen LogP contribution in [0.25, 0.3) is 10.8 Å². The van der Waals surface area contributed by atoms with Gasteiger partial charge in [0.2, 0.25) is 11.8 Å². The van der Waals surface area contributed by atoms with E-state index < -0.39 is 36.5 Å². The first kappa shape index (κ1) is 29.5. The lowest BCUT2D eigenvalue weighted by atomic mass is 9.99. The highest BCUT2D eigenvalue weighted by atomic mass is 19.1. The van der Waals surface area contributed by atoms with E-state index in [0.29, 0.717) is 31.4 Å². The van der Waals surface area contributed by atoms with E-state index in [2.05, 4.69) is 15.6 Å². The topological polar surface area (TPSA) is 160 Å². The van der Waals surface area contributed by atoms with Crippen molar-refractivity contribution in [2.45, 2.75) is 57.7 Å². The number of aliphatic imine (C=N–C) groups is 1. The molecule has 0 aromatic heterocycles. The molecule has 3 atom stereocenters. The molecule has 0 unspecified atom stereocenters. The highest BCUT2D eigenvalue weighted by molar-refractivity contribution is 6.08. The molecule has 3 rings (SSSR count). The number of alkyl halides is 1. The van der Waals surface area contributed by atoms with Crippen LogP contribution in [-0.4, -0.2) is 72.3 Å². The lowest BCUT2D eigenvalue weighted by Gasteiger charge is -2.31. The summed E-state index contributed by atoms with van der Waals surface area (Å²) < 4.78 is 13.2. The van der Waals surface area contributed by atoms with E-state index in [1.54, 1.807) is 12.1 Å². The minimum atomic E-state index is -1.23. The predicted octanol–water partition coefficient (Wildman–Crippen LogP) is 1.66. The maximum atomic E-state index is 13.6. The van der Waals surface area contributed by atoms with Crippen molar-refractivity contribution in [1.82, 2.24) is 15.5 Å². The number of hydrogen-bond donors (Lipinski definition) is 4. The number of rotatable bonds is 12. The summed E-state index contributed by atoms with van der Waals surface area (Å²) in [6, 6.07) is 10.1. The summed E-state index contributed by atoms with van der Waals surface area (Å²) in [7, 11) is 0. The quantitative estimate of drug-likeness (QED) is 0.182. The maximum Gasteiger partial charge on any atom is 0.252 e.